The van der Waals surface area contributed by atoms with Crippen LogP contribution in [0.3, 0.4) is 0 Å². The zero-order chi connectivity index (χ0) is 22.1. The summed E-state index contributed by atoms with van der Waals surface area (Å²) < 4.78 is 5.25. The number of ketones is 1. The van der Waals surface area contributed by atoms with Gasteiger partial charge in [0.15, 0.2) is 5.78 Å². The molecule has 7 heteroatoms. The van der Waals surface area contributed by atoms with Crippen LogP contribution >= 0.6 is 11.6 Å². The molecule has 164 valence electrons. The van der Waals surface area contributed by atoms with E-state index in [0.29, 0.717) is 23.0 Å². The largest absolute Gasteiger partial charge is 0.497 e. The van der Waals surface area contributed by atoms with Crippen LogP contribution in [0, 0.1) is 0 Å². The molecule has 1 aliphatic heterocycles. The first-order valence-electron chi connectivity index (χ1n) is 10.9. The predicted molar refractivity (Wildman–Crippen MR) is 126 cm³/mol. The van der Waals surface area contributed by atoms with Gasteiger partial charge < -0.3 is 14.5 Å². The Bertz CT molecular complexity index is 1110. The third-order valence-corrected chi connectivity index (χ3v) is 6.62. The summed E-state index contributed by atoms with van der Waals surface area (Å²) in [6.45, 7) is 3.44. The maximum atomic E-state index is 12.7. The summed E-state index contributed by atoms with van der Waals surface area (Å²) in [6.07, 6.45) is 2.94. The lowest BCUT2D eigenvalue weighted by molar-refractivity contribution is 0.0962. The van der Waals surface area contributed by atoms with Crippen LogP contribution in [0.4, 0.5) is 11.6 Å². The lowest BCUT2D eigenvalue weighted by Crippen LogP contribution is -2.47. The smallest absolute Gasteiger partial charge is 0.225 e. The van der Waals surface area contributed by atoms with Crippen molar-refractivity contribution in [2.75, 3.05) is 43.1 Å². The van der Waals surface area contributed by atoms with Crippen LogP contribution in [-0.4, -0.2) is 49.0 Å². The number of anilines is 2. The molecule has 1 aromatic heterocycles. The highest BCUT2D eigenvalue weighted by Gasteiger charge is 2.29. The number of hydrogen-bond acceptors (Lipinski definition) is 6. The lowest BCUT2D eigenvalue weighted by Gasteiger charge is -2.36. The van der Waals surface area contributed by atoms with Crippen LogP contribution in [-0.2, 0) is 6.42 Å². The van der Waals surface area contributed by atoms with Gasteiger partial charge in [-0.15, -0.1) is 0 Å². The van der Waals surface area contributed by atoms with Gasteiger partial charge in [0.2, 0.25) is 5.95 Å². The molecule has 1 atom stereocenters. The van der Waals surface area contributed by atoms with Gasteiger partial charge in [0.25, 0.3) is 0 Å². The van der Waals surface area contributed by atoms with Crippen molar-refractivity contribution in [3.05, 3.63) is 76.6 Å². The van der Waals surface area contributed by atoms with E-state index in [1.165, 1.54) is 5.69 Å². The maximum absolute atomic E-state index is 12.7. The van der Waals surface area contributed by atoms with E-state index in [0.717, 1.165) is 49.6 Å². The Balaban J connectivity index is 1.29. The second-order valence-electron chi connectivity index (χ2n) is 8.28. The predicted octanol–water partition coefficient (Wildman–Crippen LogP) is 4.38. The minimum absolute atomic E-state index is 0.113. The highest BCUT2D eigenvalue weighted by Crippen LogP contribution is 2.33. The Hall–Kier alpha value is -3.12. The summed E-state index contributed by atoms with van der Waals surface area (Å²) >= 11 is 6.03. The van der Waals surface area contributed by atoms with E-state index in [4.69, 9.17) is 21.3 Å². The standard InChI is InChI=1S/C25H25ClN4O2/c1-32-21-8-6-20(7-9-21)29-10-12-30(13-11-29)25-27-16-22-23(28-25)14-18(15-24(22)31)17-2-4-19(26)5-3-17/h2-9,16,18H,10-15H2,1H3. The first kappa shape index (κ1) is 20.8. The van der Waals surface area contributed by atoms with Gasteiger partial charge >= 0.3 is 0 Å². The number of carbonyl (C=O) groups is 1. The summed E-state index contributed by atoms with van der Waals surface area (Å²) in [7, 11) is 1.68. The van der Waals surface area contributed by atoms with E-state index in [2.05, 4.69) is 26.9 Å². The second-order valence-corrected chi connectivity index (χ2v) is 8.72. The molecule has 1 unspecified atom stereocenters. The molecule has 0 radical (unpaired) electrons. The zero-order valence-electron chi connectivity index (χ0n) is 18.0. The van der Waals surface area contributed by atoms with E-state index in [1.807, 2.05) is 36.4 Å². The number of fused-ring (bicyclic) bond motifs is 1. The van der Waals surface area contributed by atoms with Crippen molar-refractivity contribution in [2.45, 2.75) is 18.8 Å². The molecule has 32 heavy (non-hydrogen) atoms. The molecule has 0 bridgehead atoms. The molecule has 1 fully saturated rings. The number of ether oxygens (including phenoxy) is 1. The number of aromatic nitrogens is 2. The number of hydrogen-bond donors (Lipinski definition) is 0. The summed E-state index contributed by atoms with van der Waals surface area (Å²) in [4.78, 5) is 26.7. The summed E-state index contributed by atoms with van der Waals surface area (Å²) in [6, 6.07) is 15.9. The van der Waals surface area contributed by atoms with Crippen LogP contribution in [0.2, 0.25) is 5.02 Å². The first-order chi connectivity index (χ1) is 15.6. The normalized spacial score (nSPS) is 18.4. The molecule has 0 saturated carbocycles. The highest BCUT2D eigenvalue weighted by molar-refractivity contribution is 6.30. The molecule has 6 nitrogen and oxygen atoms in total. The van der Waals surface area contributed by atoms with Crippen LogP contribution in [0.5, 0.6) is 5.75 Å². The van der Waals surface area contributed by atoms with Crippen molar-refractivity contribution in [1.29, 1.82) is 0 Å². The first-order valence-corrected chi connectivity index (χ1v) is 11.3. The van der Waals surface area contributed by atoms with Gasteiger partial charge in [-0.1, -0.05) is 23.7 Å². The maximum Gasteiger partial charge on any atom is 0.225 e. The third-order valence-electron chi connectivity index (χ3n) is 6.37. The Labute approximate surface area is 192 Å². The van der Waals surface area contributed by atoms with Crippen LogP contribution < -0.4 is 14.5 Å². The van der Waals surface area contributed by atoms with Crippen LogP contribution in [0.25, 0.3) is 0 Å². The van der Waals surface area contributed by atoms with Gasteiger partial charge in [0, 0.05) is 49.5 Å². The minimum Gasteiger partial charge on any atom is -0.497 e. The Morgan fingerprint density at radius 1 is 0.938 bits per heavy atom. The number of halogens is 1. The van der Waals surface area contributed by atoms with Gasteiger partial charge in [-0.3, -0.25) is 4.79 Å². The number of piperazine rings is 1. The molecule has 0 amide bonds. The fraction of sp³-hybridized carbons (Fsp3) is 0.320. The Morgan fingerprint density at radius 3 is 2.31 bits per heavy atom. The monoisotopic (exact) mass is 448 g/mol. The number of benzene rings is 2. The SMILES string of the molecule is COc1ccc(N2CCN(c3ncc4c(n3)CC(c3ccc(Cl)cc3)CC4=O)CC2)cc1. The molecule has 1 saturated heterocycles. The molecule has 2 aromatic carbocycles. The lowest BCUT2D eigenvalue weighted by atomic mass is 9.82. The van der Waals surface area contributed by atoms with Gasteiger partial charge in [0.1, 0.15) is 5.75 Å². The molecule has 5 rings (SSSR count). The van der Waals surface area contributed by atoms with Crippen molar-refractivity contribution < 1.29 is 9.53 Å². The fourth-order valence-electron chi connectivity index (χ4n) is 4.52. The van der Waals surface area contributed by atoms with E-state index < -0.39 is 0 Å². The second kappa shape index (κ2) is 8.79. The number of methoxy groups -OCH3 is 1. The molecule has 3 aromatic rings. The molecular weight excluding hydrogens is 424 g/mol. The molecule has 0 spiro atoms. The Kier molecular flexibility index (Phi) is 5.70. The van der Waals surface area contributed by atoms with Crippen molar-refractivity contribution >= 4 is 29.0 Å². The molecule has 2 heterocycles. The van der Waals surface area contributed by atoms with E-state index >= 15 is 0 Å². The molecule has 1 aliphatic carbocycles. The number of carbonyl (C=O) groups excluding carboxylic acids is 1. The third kappa shape index (κ3) is 4.15. The average molecular weight is 449 g/mol. The van der Waals surface area contributed by atoms with E-state index in [-0.39, 0.29) is 11.7 Å². The van der Waals surface area contributed by atoms with Gasteiger partial charge in [0.05, 0.1) is 18.4 Å². The number of Topliss-reactive ketones (excluding diaryl/α,β-unsaturated/α-hetero) is 1. The van der Waals surface area contributed by atoms with Gasteiger partial charge in [-0.2, -0.15) is 0 Å². The zero-order valence-corrected chi connectivity index (χ0v) is 18.8. The topological polar surface area (TPSA) is 58.6 Å². The molecule has 2 aliphatic rings. The van der Waals surface area contributed by atoms with Crippen molar-refractivity contribution in [2.24, 2.45) is 0 Å². The number of rotatable bonds is 4. The highest BCUT2D eigenvalue weighted by atomic mass is 35.5. The van der Waals surface area contributed by atoms with Crippen molar-refractivity contribution in [1.82, 2.24) is 9.97 Å². The summed E-state index contributed by atoms with van der Waals surface area (Å²) in [5.41, 5.74) is 3.83. The van der Waals surface area contributed by atoms with E-state index in [1.54, 1.807) is 13.3 Å². The van der Waals surface area contributed by atoms with Gasteiger partial charge in [-0.05, 0) is 54.3 Å². The average Bonchev–Trinajstić information content (AvgIpc) is 2.84. The number of nitrogens with zero attached hydrogens (tertiary/aromatic N) is 4. The fourth-order valence-corrected chi connectivity index (χ4v) is 4.64. The van der Waals surface area contributed by atoms with Gasteiger partial charge in [-0.25, -0.2) is 9.97 Å². The van der Waals surface area contributed by atoms with Crippen molar-refractivity contribution in [3.8, 4) is 5.75 Å². The van der Waals surface area contributed by atoms with E-state index in [9.17, 15) is 4.79 Å². The summed E-state index contributed by atoms with van der Waals surface area (Å²) in [5.74, 6) is 1.81. The van der Waals surface area contributed by atoms with Crippen LogP contribution in [0.15, 0.2) is 54.7 Å². The molecule has 0 N–H and O–H groups in total. The summed E-state index contributed by atoms with van der Waals surface area (Å²) in [5, 5.41) is 0.703. The van der Waals surface area contributed by atoms with Crippen LogP contribution in [0.1, 0.15) is 34.0 Å². The Morgan fingerprint density at radius 2 is 1.62 bits per heavy atom. The van der Waals surface area contributed by atoms with Crippen molar-refractivity contribution in [3.63, 3.8) is 0 Å². The minimum atomic E-state index is 0.113. The molecular formula is C25H25ClN4O2. The quantitative estimate of drug-likeness (QED) is 0.590.